The molecule has 2 heteroatoms. The highest BCUT2D eigenvalue weighted by Crippen LogP contribution is 2.28. The number of hydrogen-bond acceptors (Lipinski definition) is 2. The molecule has 102 valence electrons. The molecule has 17 heavy (non-hydrogen) atoms. The Hall–Kier alpha value is -0.0800. The Morgan fingerprint density at radius 3 is 1.82 bits per heavy atom. The van der Waals surface area contributed by atoms with Crippen molar-refractivity contribution in [2.24, 2.45) is 11.8 Å². The van der Waals surface area contributed by atoms with Crippen LogP contribution in [0.3, 0.4) is 0 Å². The van der Waals surface area contributed by atoms with Crippen LogP contribution in [0.2, 0.25) is 0 Å². The van der Waals surface area contributed by atoms with E-state index in [0.717, 1.165) is 11.8 Å². The van der Waals surface area contributed by atoms with Crippen molar-refractivity contribution < 1.29 is 0 Å². The third kappa shape index (κ3) is 7.05. The van der Waals surface area contributed by atoms with E-state index in [4.69, 9.17) is 0 Å². The van der Waals surface area contributed by atoms with Gasteiger partial charge in [-0.2, -0.15) is 0 Å². The first-order valence-electron chi connectivity index (χ1n) is 7.35. The summed E-state index contributed by atoms with van der Waals surface area (Å²) in [5, 5.41) is 7.21. The summed E-state index contributed by atoms with van der Waals surface area (Å²) in [5.41, 5.74) is 0.274. The zero-order valence-corrected chi connectivity index (χ0v) is 12.5. The lowest BCUT2D eigenvalue weighted by atomic mass is 9.81. The molecular formula is C15H32N2. The van der Waals surface area contributed by atoms with Gasteiger partial charge in [-0.25, -0.2) is 0 Å². The molecule has 1 aliphatic carbocycles. The summed E-state index contributed by atoms with van der Waals surface area (Å²) in [6.45, 7) is 13.7. The lowest BCUT2D eigenvalue weighted by Crippen LogP contribution is -2.40. The van der Waals surface area contributed by atoms with Gasteiger partial charge in [0, 0.05) is 11.6 Å². The fraction of sp³-hybridized carbons (Fsp3) is 1.00. The quantitative estimate of drug-likeness (QED) is 0.771. The predicted molar refractivity (Wildman–Crippen MR) is 76.3 cm³/mol. The molecule has 1 rings (SSSR count). The minimum atomic E-state index is 0.274. The Morgan fingerprint density at radius 2 is 1.41 bits per heavy atom. The van der Waals surface area contributed by atoms with Crippen molar-refractivity contribution >= 4 is 0 Å². The minimum Gasteiger partial charge on any atom is -0.314 e. The zero-order valence-electron chi connectivity index (χ0n) is 12.5. The Kier molecular flexibility index (Phi) is 5.94. The molecule has 0 atom stereocenters. The molecule has 1 aliphatic rings. The van der Waals surface area contributed by atoms with E-state index in [-0.39, 0.29) is 5.54 Å². The maximum atomic E-state index is 3.64. The first-order chi connectivity index (χ1) is 7.87. The van der Waals surface area contributed by atoms with E-state index < -0.39 is 0 Å². The molecule has 0 bridgehead atoms. The summed E-state index contributed by atoms with van der Waals surface area (Å²) in [4.78, 5) is 0. The summed E-state index contributed by atoms with van der Waals surface area (Å²) in [6, 6.07) is 0.635. The summed E-state index contributed by atoms with van der Waals surface area (Å²) >= 11 is 0. The van der Waals surface area contributed by atoms with Crippen LogP contribution in [0, 0.1) is 11.8 Å². The van der Waals surface area contributed by atoms with E-state index in [9.17, 15) is 0 Å². The second-order valence-electron chi connectivity index (χ2n) is 7.08. The maximum Gasteiger partial charge on any atom is 0.00966 e. The summed E-state index contributed by atoms with van der Waals surface area (Å²) in [7, 11) is 0. The molecule has 2 nitrogen and oxygen atoms in total. The van der Waals surface area contributed by atoms with Crippen LogP contribution in [-0.2, 0) is 0 Å². The molecule has 0 unspecified atom stereocenters. The average Bonchev–Trinajstić information content (AvgIpc) is 2.24. The Morgan fingerprint density at radius 1 is 0.941 bits per heavy atom. The molecular weight excluding hydrogens is 208 g/mol. The normalized spacial score (nSPS) is 26.5. The monoisotopic (exact) mass is 240 g/mol. The zero-order chi connectivity index (χ0) is 12.9. The molecule has 2 N–H and O–H groups in total. The first-order valence-corrected chi connectivity index (χ1v) is 7.35. The molecule has 0 radical (unpaired) electrons. The van der Waals surface area contributed by atoms with Gasteiger partial charge in [0.2, 0.25) is 0 Å². The second kappa shape index (κ2) is 6.75. The van der Waals surface area contributed by atoms with Gasteiger partial charge >= 0.3 is 0 Å². The van der Waals surface area contributed by atoms with E-state index in [1.165, 1.54) is 38.8 Å². The molecule has 0 aromatic carbocycles. The van der Waals surface area contributed by atoms with Gasteiger partial charge in [-0.1, -0.05) is 13.8 Å². The van der Waals surface area contributed by atoms with Crippen molar-refractivity contribution in [1.82, 2.24) is 10.6 Å². The largest absolute Gasteiger partial charge is 0.314 e. The predicted octanol–water partition coefficient (Wildman–Crippen LogP) is 3.18. The van der Waals surface area contributed by atoms with Crippen LogP contribution in [0.1, 0.15) is 60.3 Å². The van der Waals surface area contributed by atoms with Gasteiger partial charge in [0.05, 0.1) is 0 Å². The Balaban J connectivity index is 2.13. The van der Waals surface area contributed by atoms with Crippen LogP contribution in [0.4, 0.5) is 0 Å². The summed E-state index contributed by atoms with van der Waals surface area (Å²) in [5.74, 6) is 1.83. The van der Waals surface area contributed by atoms with Gasteiger partial charge < -0.3 is 10.6 Å². The fourth-order valence-electron chi connectivity index (χ4n) is 2.49. The highest BCUT2D eigenvalue weighted by Gasteiger charge is 2.22. The van der Waals surface area contributed by atoms with E-state index in [2.05, 4.69) is 45.3 Å². The molecule has 0 heterocycles. The molecule has 0 aromatic rings. The van der Waals surface area contributed by atoms with Crippen LogP contribution in [0.5, 0.6) is 0 Å². The molecule has 0 spiro atoms. The topological polar surface area (TPSA) is 24.1 Å². The lowest BCUT2D eigenvalue weighted by Gasteiger charge is -2.31. The van der Waals surface area contributed by atoms with Crippen LogP contribution in [0.15, 0.2) is 0 Å². The summed E-state index contributed by atoms with van der Waals surface area (Å²) in [6.07, 6.45) is 5.65. The van der Waals surface area contributed by atoms with Gasteiger partial charge in [0.15, 0.2) is 0 Å². The SMILES string of the molecule is CC(C)NCC1CCC(CNC(C)(C)C)CC1. The van der Waals surface area contributed by atoms with Crippen molar-refractivity contribution in [3.05, 3.63) is 0 Å². The molecule has 0 aliphatic heterocycles. The van der Waals surface area contributed by atoms with E-state index in [0.29, 0.717) is 6.04 Å². The van der Waals surface area contributed by atoms with Crippen LogP contribution < -0.4 is 10.6 Å². The standard InChI is InChI=1S/C15H32N2/c1-12(2)16-10-13-6-8-14(9-7-13)11-17-15(3,4)5/h12-14,16-17H,6-11H2,1-5H3. The maximum absolute atomic E-state index is 3.64. The number of rotatable bonds is 5. The Bertz CT molecular complexity index is 197. The number of hydrogen-bond donors (Lipinski definition) is 2. The van der Waals surface area contributed by atoms with Crippen molar-refractivity contribution in [3.63, 3.8) is 0 Å². The molecule has 1 saturated carbocycles. The van der Waals surface area contributed by atoms with E-state index in [1.807, 2.05) is 0 Å². The second-order valence-corrected chi connectivity index (χ2v) is 7.08. The first kappa shape index (κ1) is 15.0. The average molecular weight is 240 g/mol. The molecule has 0 aromatic heterocycles. The van der Waals surface area contributed by atoms with E-state index >= 15 is 0 Å². The van der Waals surface area contributed by atoms with Gasteiger partial charge in [-0.05, 0) is 71.4 Å². The molecule has 1 fully saturated rings. The Labute approximate surface area is 108 Å². The molecule has 0 saturated heterocycles. The van der Waals surface area contributed by atoms with Gasteiger partial charge in [0.1, 0.15) is 0 Å². The third-order valence-electron chi connectivity index (χ3n) is 3.70. The minimum absolute atomic E-state index is 0.274. The van der Waals surface area contributed by atoms with Crippen molar-refractivity contribution in [2.45, 2.75) is 71.9 Å². The summed E-state index contributed by atoms with van der Waals surface area (Å²) < 4.78 is 0. The third-order valence-corrected chi connectivity index (χ3v) is 3.70. The van der Waals surface area contributed by atoms with Crippen molar-refractivity contribution in [1.29, 1.82) is 0 Å². The number of nitrogens with one attached hydrogen (secondary N) is 2. The van der Waals surface area contributed by atoms with E-state index in [1.54, 1.807) is 0 Å². The van der Waals surface area contributed by atoms with Gasteiger partial charge in [0.25, 0.3) is 0 Å². The van der Waals surface area contributed by atoms with Crippen molar-refractivity contribution in [3.8, 4) is 0 Å². The molecule has 0 amide bonds. The van der Waals surface area contributed by atoms with Crippen LogP contribution >= 0.6 is 0 Å². The van der Waals surface area contributed by atoms with Crippen molar-refractivity contribution in [2.75, 3.05) is 13.1 Å². The van der Waals surface area contributed by atoms with Gasteiger partial charge in [-0.15, -0.1) is 0 Å². The lowest BCUT2D eigenvalue weighted by molar-refractivity contribution is 0.243. The van der Waals surface area contributed by atoms with Crippen LogP contribution in [0.25, 0.3) is 0 Å². The highest BCUT2D eigenvalue weighted by molar-refractivity contribution is 4.79. The highest BCUT2D eigenvalue weighted by atomic mass is 14.9. The fourth-order valence-corrected chi connectivity index (χ4v) is 2.49. The smallest absolute Gasteiger partial charge is 0.00966 e. The van der Waals surface area contributed by atoms with Gasteiger partial charge in [-0.3, -0.25) is 0 Å². The van der Waals surface area contributed by atoms with Crippen LogP contribution in [-0.4, -0.2) is 24.7 Å².